The van der Waals surface area contributed by atoms with Crippen molar-refractivity contribution < 1.29 is 9.53 Å². The monoisotopic (exact) mass is 318 g/mol. The van der Waals surface area contributed by atoms with Crippen LogP contribution in [0.2, 0.25) is 0 Å². The Morgan fingerprint density at radius 3 is 3.05 bits per heavy atom. The van der Waals surface area contributed by atoms with E-state index in [1.165, 1.54) is 4.70 Å². The molecular weight excluding hydrogens is 296 g/mol. The maximum atomic E-state index is 12.4. The van der Waals surface area contributed by atoms with Crippen molar-refractivity contribution in [1.29, 1.82) is 0 Å². The molecule has 2 unspecified atom stereocenters. The van der Waals surface area contributed by atoms with Crippen LogP contribution in [0.5, 0.6) is 0 Å². The molecule has 0 N–H and O–H groups in total. The van der Waals surface area contributed by atoms with Crippen molar-refractivity contribution in [3.8, 4) is 0 Å². The summed E-state index contributed by atoms with van der Waals surface area (Å²) in [6.07, 6.45) is 2.47. The molecule has 3 rings (SSSR count). The van der Waals surface area contributed by atoms with Gasteiger partial charge in [0.2, 0.25) is 5.91 Å². The molecule has 0 saturated carbocycles. The minimum atomic E-state index is 0.143. The zero-order valence-electron chi connectivity index (χ0n) is 13.1. The first-order chi connectivity index (χ1) is 10.6. The minimum Gasteiger partial charge on any atom is -0.375 e. The molecule has 1 saturated heterocycles. The van der Waals surface area contributed by atoms with E-state index < -0.39 is 0 Å². The van der Waals surface area contributed by atoms with Crippen LogP contribution in [0.25, 0.3) is 10.2 Å². The number of thiazole rings is 1. The van der Waals surface area contributed by atoms with Gasteiger partial charge < -0.3 is 9.64 Å². The van der Waals surface area contributed by atoms with Crippen LogP contribution in [0.4, 0.5) is 0 Å². The molecule has 2 aromatic rings. The fraction of sp³-hybridized carbons (Fsp3) is 0.529. The Morgan fingerprint density at radius 2 is 2.23 bits per heavy atom. The van der Waals surface area contributed by atoms with Crippen molar-refractivity contribution in [2.75, 3.05) is 13.2 Å². The average Bonchev–Trinajstić information content (AvgIpc) is 2.92. The number of carbonyl (C=O) groups excluding carboxylic acids is 1. The Kier molecular flexibility index (Phi) is 4.74. The third kappa shape index (κ3) is 3.47. The number of ether oxygens (including phenoxy) is 1. The van der Waals surface area contributed by atoms with E-state index in [0.717, 1.165) is 23.4 Å². The van der Waals surface area contributed by atoms with Crippen LogP contribution in [0, 0.1) is 0 Å². The first kappa shape index (κ1) is 15.4. The molecule has 1 aromatic carbocycles. The molecule has 1 aliphatic heterocycles. The lowest BCUT2D eigenvalue weighted by molar-refractivity contribution is -0.143. The van der Waals surface area contributed by atoms with Crippen LogP contribution in [0.15, 0.2) is 24.3 Å². The van der Waals surface area contributed by atoms with Crippen LogP contribution < -0.4 is 0 Å². The molecule has 118 valence electrons. The molecular formula is C17H22N2O2S. The number of carbonyl (C=O) groups is 1. The number of hydrogen-bond donors (Lipinski definition) is 0. The van der Waals surface area contributed by atoms with Crippen LogP contribution in [-0.4, -0.2) is 41.1 Å². The minimum absolute atomic E-state index is 0.143. The highest BCUT2D eigenvalue weighted by Crippen LogP contribution is 2.23. The van der Waals surface area contributed by atoms with E-state index in [4.69, 9.17) is 4.74 Å². The Bertz CT molecular complexity index is 622. The van der Waals surface area contributed by atoms with Crippen molar-refractivity contribution in [2.45, 2.75) is 45.3 Å². The van der Waals surface area contributed by atoms with E-state index in [0.29, 0.717) is 19.6 Å². The fourth-order valence-corrected chi connectivity index (χ4v) is 3.82. The Balaban J connectivity index is 1.52. The number of hydrogen-bond acceptors (Lipinski definition) is 4. The predicted octanol–water partition coefficient (Wildman–Crippen LogP) is 3.25. The van der Waals surface area contributed by atoms with Crippen molar-refractivity contribution in [3.63, 3.8) is 0 Å². The van der Waals surface area contributed by atoms with Crippen LogP contribution in [0.1, 0.15) is 31.7 Å². The molecule has 1 aromatic heterocycles. The van der Waals surface area contributed by atoms with Gasteiger partial charge in [-0.2, -0.15) is 0 Å². The van der Waals surface area contributed by atoms with Gasteiger partial charge in [0.15, 0.2) is 0 Å². The highest BCUT2D eigenvalue weighted by Gasteiger charge is 2.26. The number of benzene rings is 1. The summed E-state index contributed by atoms with van der Waals surface area (Å²) in [5, 5.41) is 1.12. The van der Waals surface area contributed by atoms with Gasteiger partial charge in [0.25, 0.3) is 0 Å². The van der Waals surface area contributed by atoms with Crippen LogP contribution in [0.3, 0.4) is 0 Å². The fourth-order valence-electron chi connectivity index (χ4n) is 2.81. The summed E-state index contributed by atoms with van der Waals surface area (Å²) in [6, 6.07) is 8.37. The number of fused-ring (bicyclic) bond motifs is 1. The number of nitrogens with zero attached hydrogens (tertiary/aromatic N) is 2. The van der Waals surface area contributed by atoms with E-state index in [1.54, 1.807) is 11.3 Å². The Labute approximate surface area is 135 Å². The summed E-state index contributed by atoms with van der Waals surface area (Å²) < 4.78 is 6.80. The number of morpholine rings is 1. The van der Waals surface area contributed by atoms with Crippen molar-refractivity contribution in [1.82, 2.24) is 9.88 Å². The van der Waals surface area contributed by atoms with Gasteiger partial charge in [0.05, 0.1) is 34.0 Å². The van der Waals surface area contributed by atoms with Gasteiger partial charge in [0, 0.05) is 13.0 Å². The molecule has 5 heteroatoms. The lowest BCUT2D eigenvalue weighted by Gasteiger charge is -2.36. The normalized spacial score (nSPS) is 22.2. The first-order valence-corrected chi connectivity index (χ1v) is 8.70. The molecule has 0 radical (unpaired) electrons. The van der Waals surface area contributed by atoms with Crippen molar-refractivity contribution >= 4 is 27.5 Å². The highest BCUT2D eigenvalue weighted by atomic mass is 32.1. The highest BCUT2D eigenvalue weighted by molar-refractivity contribution is 7.18. The lowest BCUT2D eigenvalue weighted by atomic mass is 10.1. The summed E-state index contributed by atoms with van der Waals surface area (Å²) in [7, 11) is 0. The Morgan fingerprint density at radius 1 is 1.41 bits per heavy atom. The second-order valence-electron chi connectivity index (χ2n) is 5.97. The van der Waals surface area contributed by atoms with E-state index >= 15 is 0 Å². The second-order valence-corrected chi connectivity index (χ2v) is 7.08. The second kappa shape index (κ2) is 6.75. The van der Waals surface area contributed by atoms with E-state index in [1.807, 2.05) is 30.0 Å². The largest absolute Gasteiger partial charge is 0.375 e. The summed E-state index contributed by atoms with van der Waals surface area (Å²) in [4.78, 5) is 19.0. The molecule has 2 atom stereocenters. The summed E-state index contributed by atoms with van der Waals surface area (Å²) in [5.74, 6) is 0.240. The van der Waals surface area contributed by atoms with Crippen molar-refractivity contribution in [3.05, 3.63) is 29.3 Å². The van der Waals surface area contributed by atoms with Gasteiger partial charge >= 0.3 is 0 Å². The molecule has 0 spiro atoms. The molecule has 1 aliphatic rings. The maximum Gasteiger partial charge on any atom is 0.222 e. The number of amides is 1. The van der Waals surface area contributed by atoms with E-state index in [2.05, 4.69) is 18.0 Å². The third-order valence-electron chi connectivity index (χ3n) is 4.05. The SMILES string of the molecule is CC1CN(C(=O)CCCc2nc3ccccc3s2)C(C)CO1. The predicted molar refractivity (Wildman–Crippen MR) is 89.1 cm³/mol. The van der Waals surface area contributed by atoms with Crippen LogP contribution >= 0.6 is 11.3 Å². The zero-order valence-corrected chi connectivity index (χ0v) is 13.9. The van der Waals surface area contributed by atoms with Gasteiger partial charge in [0.1, 0.15) is 0 Å². The average molecular weight is 318 g/mol. The quantitative estimate of drug-likeness (QED) is 0.869. The molecule has 1 fully saturated rings. The van der Waals surface area contributed by atoms with Gasteiger partial charge in [-0.05, 0) is 38.8 Å². The van der Waals surface area contributed by atoms with E-state index in [9.17, 15) is 4.79 Å². The third-order valence-corrected chi connectivity index (χ3v) is 5.14. The van der Waals surface area contributed by atoms with Gasteiger partial charge in [-0.15, -0.1) is 11.3 Å². The van der Waals surface area contributed by atoms with Gasteiger partial charge in [-0.3, -0.25) is 4.79 Å². The summed E-state index contributed by atoms with van der Waals surface area (Å²) in [5.41, 5.74) is 1.06. The van der Waals surface area contributed by atoms with Gasteiger partial charge in [-0.1, -0.05) is 12.1 Å². The maximum absolute atomic E-state index is 12.4. The molecule has 2 heterocycles. The zero-order chi connectivity index (χ0) is 15.5. The molecule has 4 nitrogen and oxygen atoms in total. The molecule has 1 amide bonds. The Hall–Kier alpha value is -1.46. The van der Waals surface area contributed by atoms with E-state index in [-0.39, 0.29) is 18.1 Å². The first-order valence-electron chi connectivity index (χ1n) is 7.89. The smallest absolute Gasteiger partial charge is 0.222 e. The number of para-hydroxylation sites is 1. The standard InChI is InChI=1S/C17H22N2O2S/c1-12-11-21-13(2)10-19(12)17(20)9-5-8-16-18-14-6-3-4-7-15(14)22-16/h3-4,6-7,12-13H,5,8-11H2,1-2H3. The van der Waals surface area contributed by atoms with Gasteiger partial charge in [-0.25, -0.2) is 4.98 Å². The topological polar surface area (TPSA) is 42.4 Å². The molecule has 0 aliphatic carbocycles. The van der Waals surface area contributed by atoms with Crippen molar-refractivity contribution in [2.24, 2.45) is 0 Å². The summed E-state index contributed by atoms with van der Waals surface area (Å²) >= 11 is 1.73. The molecule has 0 bridgehead atoms. The number of rotatable bonds is 4. The van der Waals surface area contributed by atoms with Crippen LogP contribution in [-0.2, 0) is 16.0 Å². The molecule has 22 heavy (non-hydrogen) atoms. The number of aromatic nitrogens is 1. The number of aryl methyl sites for hydroxylation is 1. The summed E-state index contributed by atoms with van der Waals surface area (Å²) in [6.45, 7) is 5.43. The lowest BCUT2D eigenvalue weighted by Crippen LogP contribution is -2.50.